The number of aromatic nitrogens is 4. The van der Waals surface area contributed by atoms with Gasteiger partial charge in [-0.1, -0.05) is 0 Å². The highest BCUT2D eigenvalue weighted by atomic mass is 16.3. The van der Waals surface area contributed by atoms with Crippen LogP contribution in [0.1, 0.15) is 25.1 Å². The molecule has 0 aromatic carbocycles. The lowest BCUT2D eigenvalue weighted by Crippen LogP contribution is -2.33. The van der Waals surface area contributed by atoms with Crippen molar-refractivity contribution in [2.45, 2.75) is 31.3 Å². The van der Waals surface area contributed by atoms with Gasteiger partial charge in [0.2, 0.25) is 0 Å². The van der Waals surface area contributed by atoms with Gasteiger partial charge in [0.1, 0.15) is 0 Å². The van der Waals surface area contributed by atoms with Crippen LogP contribution in [0.15, 0.2) is 0 Å². The quantitative estimate of drug-likeness (QED) is 0.673. The molecule has 0 aliphatic carbocycles. The van der Waals surface area contributed by atoms with Gasteiger partial charge in [-0.15, -0.1) is 10.2 Å². The standard InChI is InChI=1S/C9H17N5O/c1-14-12-8(11-13-14)7-9(15)3-2-5-10-6-4-9/h10,15H,2-7H2,1H3. The molecule has 0 saturated carbocycles. The molecule has 1 aromatic rings. The summed E-state index contributed by atoms with van der Waals surface area (Å²) in [6.45, 7) is 1.84. The summed E-state index contributed by atoms with van der Waals surface area (Å²) < 4.78 is 0. The van der Waals surface area contributed by atoms with Crippen LogP contribution in [0.25, 0.3) is 0 Å². The van der Waals surface area contributed by atoms with Crippen molar-refractivity contribution < 1.29 is 5.11 Å². The number of hydrogen-bond donors (Lipinski definition) is 2. The Balaban J connectivity index is 2.02. The number of rotatable bonds is 2. The van der Waals surface area contributed by atoms with E-state index >= 15 is 0 Å². The van der Waals surface area contributed by atoms with E-state index < -0.39 is 5.60 Å². The smallest absolute Gasteiger partial charge is 0.177 e. The van der Waals surface area contributed by atoms with Gasteiger partial charge in [-0.3, -0.25) is 0 Å². The van der Waals surface area contributed by atoms with Crippen LogP contribution in [0, 0.1) is 0 Å². The molecule has 0 amide bonds. The summed E-state index contributed by atoms with van der Waals surface area (Å²) in [5, 5.41) is 25.4. The van der Waals surface area contributed by atoms with Crippen molar-refractivity contribution in [1.82, 2.24) is 25.5 Å². The van der Waals surface area contributed by atoms with Crippen LogP contribution >= 0.6 is 0 Å². The fourth-order valence-corrected chi connectivity index (χ4v) is 1.98. The molecular formula is C9H17N5O. The topological polar surface area (TPSA) is 75.9 Å². The number of aryl methyl sites for hydroxylation is 1. The fraction of sp³-hybridized carbons (Fsp3) is 0.889. The SMILES string of the molecule is Cn1nnc(CC2(O)CCCNCC2)n1. The molecule has 6 nitrogen and oxygen atoms in total. The molecular weight excluding hydrogens is 194 g/mol. The van der Waals surface area contributed by atoms with Gasteiger partial charge < -0.3 is 10.4 Å². The first-order chi connectivity index (χ1) is 7.18. The molecule has 0 spiro atoms. The Morgan fingerprint density at radius 2 is 2.33 bits per heavy atom. The number of hydrogen-bond acceptors (Lipinski definition) is 5. The molecule has 84 valence electrons. The van der Waals surface area contributed by atoms with Gasteiger partial charge in [-0.2, -0.15) is 4.80 Å². The Morgan fingerprint density at radius 3 is 3.07 bits per heavy atom. The Kier molecular flexibility index (Phi) is 2.97. The first-order valence-electron chi connectivity index (χ1n) is 5.34. The number of nitrogens with zero attached hydrogens (tertiary/aromatic N) is 4. The number of tetrazole rings is 1. The lowest BCUT2D eigenvalue weighted by Gasteiger charge is -2.24. The molecule has 1 aliphatic rings. The molecule has 15 heavy (non-hydrogen) atoms. The first kappa shape index (κ1) is 10.5. The van der Waals surface area contributed by atoms with Crippen LogP contribution in [0.4, 0.5) is 0 Å². The Bertz CT molecular complexity index is 316. The zero-order valence-corrected chi connectivity index (χ0v) is 8.98. The van der Waals surface area contributed by atoms with Crippen LogP contribution in [-0.2, 0) is 13.5 Å². The van der Waals surface area contributed by atoms with E-state index in [1.54, 1.807) is 7.05 Å². The minimum Gasteiger partial charge on any atom is -0.389 e. The summed E-state index contributed by atoms with van der Waals surface area (Å²) in [5.74, 6) is 0.627. The zero-order valence-electron chi connectivity index (χ0n) is 8.98. The van der Waals surface area contributed by atoms with Crippen molar-refractivity contribution in [3.63, 3.8) is 0 Å². The summed E-state index contributed by atoms with van der Waals surface area (Å²) in [6.07, 6.45) is 3.06. The monoisotopic (exact) mass is 211 g/mol. The van der Waals surface area contributed by atoms with Gasteiger partial charge in [-0.25, -0.2) is 0 Å². The van der Waals surface area contributed by atoms with E-state index in [0.29, 0.717) is 12.2 Å². The summed E-state index contributed by atoms with van der Waals surface area (Å²) in [4.78, 5) is 1.42. The molecule has 2 heterocycles. The van der Waals surface area contributed by atoms with E-state index in [-0.39, 0.29) is 0 Å². The second-order valence-electron chi connectivity index (χ2n) is 4.20. The number of nitrogens with one attached hydrogen (secondary N) is 1. The van der Waals surface area contributed by atoms with E-state index in [2.05, 4.69) is 20.7 Å². The molecule has 6 heteroatoms. The van der Waals surface area contributed by atoms with Crippen molar-refractivity contribution in [1.29, 1.82) is 0 Å². The highest BCUT2D eigenvalue weighted by Crippen LogP contribution is 2.22. The Morgan fingerprint density at radius 1 is 1.47 bits per heavy atom. The normalized spacial score (nSPS) is 27.6. The molecule has 0 bridgehead atoms. The molecule has 1 unspecified atom stereocenters. The molecule has 0 radical (unpaired) electrons. The van der Waals surface area contributed by atoms with Gasteiger partial charge in [0.05, 0.1) is 12.6 Å². The van der Waals surface area contributed by atoms with E-state index in [0.717, 1.165) is 32.4 Å². The zero-order chi connectivity index (χ0) is 10.7. The van der Waals surface area contributed by atoms with Crippen LogP contribution < -0.4 is 5.32 Å². The Labute approximate surface area is 88.7 Å². The second kappa shape index (κ2) is 4.24. The van der Waals surface area contributed by atoms with Crippen molar-refractivity contribution in [3.8, 4) is 0 Å². The highest BCUT2D eigenvalue weighted by molar-refractivity contribution is 4.92. The minimum atomic E-state index is -0.660. The van der Waals surface area contributed by atoms with Gasteiger partial charge in [0.25, 0.3) is 0 Å². The molecule has 1 aliphatic heterocycles. The average Bonchev–Trinajstić information content (AvgIpc) is 2.46. The van der Waals surface area contributed by atoms with Crippen LogP contribution in [-0.4, -0.2) is 44.0 Å². The molecule has 2 rings (SSSR count). The van der Waals surface area contributed by atoms with Gasteiger partial charge in [0, 0.05) is 6.42 Å². The van der Waals surface area contributed by atoms with Gasteiger partial charge in [-0.05, 0) is 37.6 Å². The lowest BCUT2D eigenvalue weighted by atomic mass is 9.91. The van der Waals surface area contributed by atoms with Crippen molar-refractivity contribution in [2.75, 3.05) is 13.1 Å². The maximum absolute atomic E-state index is 10.4. The summed E-state index contributed by atoms with van der Waals surface area (Å²) >= 11 is 0. The molecule has 1 atom stereocenters. The van der Waals surface area contributed by atoms with Crippen LogP contribution in [0.5, 0.6) is 0 Å². The predicted molar refractivity (Wildman–Crippen MR) is 54.2 cm³/mol. The van der Waals surface area contributed by atoms with E-state index in [1.807, 2.05) is 0 Å². The van der Waals surface area contributed by atoms with Crippen molar-refractivity contribution in [2.24, 2.45) is 7.05 Å². The average molecular weight is 211 g/mol. The molecule has 1 fully saturated rings. The summed E-state index contributed by atoms with van der Waals surface area (Å²) in [7, 11) is 1.73. The third kappa shape index (κ3) is 2.73. The third-order valence-corrected chi connectivity index (χ3v) is 2.80. The van der Waals surface area contributed by atoms with Gasteiger partial charge in [0.15, 0.2) is 5.82 Å². The van der Waals surface area contributed by atoms with E-state index in [9.17, 15) is 5.11 Å². The van der Waals surface area contributed by atoms with Crippen LogP contribution in [0.2, 0.25) is 0 Å². The lowest BCUT2D eigenvalue weighted by molar-refractivity contribution is 0.0265. The maximum Gasteiger partial charge on any atom is 0.177 e. The van der Waals surface area contributed by atoms with Crippen LogP contribution in [0.3, 0.4) is 0 Å². The van der Waals surface area contributed by atoms with Crippen molar-refractivity contribution >= 4 is 0 Å². The third-order valence-electron chi connectivity index (χ3n) is 2.80. The second-order valence-corrected chi connectivity index (χ2v) is 4.20. The molecule has 1 aromatic heterocycles. The maximum atomic E-state index is 10.4. The van der Waals surface area contributed by atoms with E-state index in [4.69, 9.17) is 0 Å². The minimum absolute atomic E-state index is 0.503. The predicted octanol–water partition coefficient (Wildman–Crippen LogP) is -0.743. The first-order valence-corrected chi connectivity index (χ1v) is 5.34. The highest BCUT2D eigenvalue weighted by Gasteiger charge is 2.29. The summed E-state index contributed by atoms with van der Waals surface area (Å²) in [5.41, 5.74) is -0.660. The fourth-order valence-electron chi connectivity index (χ4n) is 1.98. The Hall–Kier alpha value is -1.01. The largest absolute Gasteiger partial charge is 0.389 e. The number of aliphatic hydroxyl groups is 1. The molecule has 1 saturated heterocycles. The van der Waals surface area contributed by atoms with E-state index in [1.165, 1.54) is 4.80 Å². The van der Waals surface area contributed by atoms with Crippen molar-refractivity contribution in [3.05, 3.63) is 5.82 Å². The van der Waals surface area contributed by atoms with Gasteiger partial charge >= 0.3 is 0 Å². The summed E-state index contributed by atoms with van der Waals surface area (Å²) in [6, 6.07) is 0. The molecule has 2 N–H and O–H groups in total.